The molecule has 4 amide bonds. The molecule has 1 saturated heterocycles. The molecule has 2 N–H and O–H groups in total. The molecule has 1 aliphatic heterocycles. The lowest BCUT2D eigenvalue weighted by atomic mass is 10.1. The number of urea groups is 1. The summed E-state index contributed by atoms with van der Waals surface area (Å²) in [6.07, 6.45) is 1.31. The quantitative estimate of drug-likeness (QED) is 0.574. The molecule has 0 spiro atoms. The van der Waals surface area contributed by atoms with E-state index in [0.717, 1.165) is 4.90 Å². The zero-order chi connectivity index (χ0) is 18.1. The maximum atomic E-state index is 12.7. The van der Waals surface area contributed by atoms with Crippen molar-refractivity contribution < 1.29 is 19.5 Å². The van der Waals surface area contributed by atoms with E-state index in [1.165, 1.54) is 24.3 Å². The molecular weight excluding hydrogens is 412 g/mol. The number of hydrogen-bond donors (Lipinski definition) is 2. The van der Waals surface area contributed by atoms with Gasteiger partial charge in [-0.3, -0.25) is 14.9 Å². The fourth-order valence-electron chi connectivity index (χ4n) is 2.29. The zero-order valence-electron chi connectivity index (χ0n) is 12.5. The molecule has 0 aliphatic carbocycles. The number of nitrogens with one attached hydrogen (secondary N) is 1. The summed E-state index contributed by atoms with van der Waals surface area (Å²) in [6.45, 7) is 0. The van der Waals surface area contributed by atoms with Gasteiger partial charge in [-0.1, -0.05) is 39.7 Å². The van der Waals surface area contributed by atoms with Gasteiger partial charge in [0.25, 0.3) is 11.8 Å². The second-order valence-electron chi connectivity index (χ2n) is 5.15. The van der Waals surface area contributed by atoms with E-state index in [9.17, 15) is 19.5 Å². The molecule has 2 aromatic rings. The number of halogens is 2. The summed E-state index contributed by atoms with van der Waals surface area (Å²) >= 11 is 9.11. The molecule has 8 heteroatoms. The highest BCUT2D eigenvalue weighted by molar-refractivity contribution is 9.10. The standard InChI is InChI=1S/C17H10BrClN2O4/c18-10-2-1-3-11(8-10)21-16(24)12(15(23)20-17(21)25)6-9-4-5-14(22)13(19)7-9/h1-8,22H,(H,20,23,25). The predicted octanol–water partition coefficient (Wildman–Crippen LogP) is 3.47. The third-order valence-electron chi connectivity index (χ3n) is 3.45. The van der Waals surface area contributed by atoms with Crippen molar-refractivity contribution in [2.24, 2.45) is 0 Å². The Kier molecular flexibility index (Phi) is 4.61. The molecule has 1 fully saturated rings. The third kappa shape index (κ3) is 3.42. The maximum Gasteiger partial charge on any atom is 0.335 e. The van der Waals surface area contributed by atoms with Crippen LogP contribution in [0.3, 0.4) is 0 Å². The largest absolute Gasteiger partial charge is 0.506 e. The Morgan fingerprint density at radius 3 is 2.56 bits per heavy atom. The van der Waals surface area contributed by atoms with Crippen LogP contribution in [0.25, 0.3) is 6.08 Å². The van der Waals surface area contributed by atoms with Crippen molar-refractivity contribution in [2.45, 2.75) is 0 Å². The highest BCUT2D eigenvalue weighted by atomic mass is 79.9. The molecule has 6 nitrogen and oxygen atoms in total. The minimum atomic E-state index is -0.825. The number of barbiturate groups is 1. The zero-order valence-corrected chi connectivity index (χ0v) is 14.8. The van der Waals surface area contributed by atoms with Crippen molar-refractivity contribution in [1.29, 1.82) is 0 Å². The Bertz CT molecular complexity index is 942. The molecule has 0 unspecified atom stereocenters. The summed E-state index contributed by atoms with van der Waals surface area (Å²) in [7, 11) is 0. The van der Waals surface area contributed by atoms with Crippen molar-refractivity contribution in [1.82, 2.24) is 5.32 Å². The Morgan fingerprint density at radius 2 is 1.88 bits per heavy atom. The summed E-state index contributed by atoms with van der Waals surface area (Å²) in [5, 5.41) is 11.7. The van der Waals surface area contributed by atoms with Crippen LogP contribution in [0.4, 0.5) is 10.5 Å². The summed E-state index contributed by atoms with van der Waals surface area (Å²) in [4.78, 5) is 37.7. The Balaban J connectivity index is 2.03. The third-order valence-corrected chi connectivity index (χ3v) is 4.25. The molecular formula is C17H10BrClN2O4. The smallest absolute Gasteiger partial charge is 0.335 e. The van der Waals surface area contributed by atoms with Gasteiger partial charge in [-0.25, -0.2) is 9.69 Å². The van der Waals surface area contributed by atoms with Gasteiger partial charge in [0, 0.05) is 4.47 Å². The first-order valence-electron chi connectivity index (χ1n) is 7.02. The average Bonchev–Trinajstić information content (AvgIpc) is 2.54. The molecule has 0 saturated carbocycles. The first kappa shape index (κ1) is 17.2. The van der Waals surface area contributed by atoms with E-state index >= 15 is 0 Å². The number of anilines is 1. The van der Waals surface area contributed by atoms with Gasteiger partial charge in [-0.05, 0) is 42.0 Å². The van der Waals surface area contributed by atoms with Gasteiger partial charge in [-0.2, -0.15) is 0 Å². The van der Waals surface area contributed by atoms with Gasteiger partial charge < -0.3 is 5.11 Å². The second kappa shape index (κ2) is 6.70. The number of benzene rings is 2. The molecule has 25 heavy (non-hydrogen) atoms. The van der Waals surface area contributed by atoms with E-state index in [-0.39, 0.29) is 16.3 Å². The number of rotatable bonds is 2. The number of aromatic hydroxyl groups is 1. The summed E-state index contributed by atoms with van der Waals surface area (Å²) < 4.78 is 0.679. The van der Waals surface area contributed by atoms with Crippen molar-refractivity contribution in [2.75, 3.05) is 4.90 Å². The van der Waals surface area contributed by atoms with Crippen LogP contribution < -0.4 is 10.2 Å². The summed E-state index contributed by atoms with van der Waals surface area (Å²) in [5.41, 5.74) is 0.533. The topological polar surface area (TPSA) is 86.7 Å². The molecule has 126 valence electrons. The molecule has 1 heterocycles. The van der Waals surface area contributed by atoms with Crippen LogP contribution in [0.5, 0.6) is 5.75 Å². The minimum Gasteiger partial charge on any atom is -0.506 e. The van der Waals surface area contributed by atoms with Gasteiger partial charge in [-0.15, -0.1) is 0 Å². The highest BCUT2D eigenvalue weighted by Crippen LogP contribution is 2.27. The monoisotopic (exact) mass is 420 g/mol. The van der Waals surface area contributed by atoms with E-state index < -0.39 is 17.8 Å². The van der Waals surface area contributed by atoms with Crippen LogP contribution >= 0.6 is 27.5 Å². The highest BCUT2D eigenvalue weighted by Gasteiger charge is 2.36. The molecule has 0 bridgehead atoms. The minimum absolute atomic E-state index is 0.0814. The molecule has 1 aliphatic rings. The van der Waals surface area contributed by atoms with Crippen molar-refractivity contribution in [3.63, 3.8) is 0 Å². The lowest BCUT2D eigenvalue weighted by Crippen LogP contribution is -2.54. The number of hydrogen-bond acceptors (Lipinski definition) is 4. The number of amides is 4. The van der Waals surface area contributed by atoms with Crippen LogP contribution in [0.1, 0.15) is 5.56 Å². The molecule has 3 rings (SSSR count). The van der Waals surface area contributed by atoms with Crippen LogP contribution in [0.2, 0.25) is 5.02 Å². The van der Waals surface area contributed by atoms with E-state index in [4.69, 9.17) is 11.6 Å². The Hall–Kier alpha value is -2.64. The predicted molar refractivity (Wildman–Crippen MR) is 96.3 cm³/mol. The lowest BCUT2D eigenvalue weighted by Gasteiger charge is -2.26. The van der Waals surface area contributed by atoms with E-state index in [0.29, 0.717) is 15.7 Å². The fourth-order valence-corrected chi connectivity index (χ4v) is 2.86. The van der Waals surface area contributed by atoms with Gasteiger partial charge in [0.2, 0.25) is 0 Å². The fraction of sp³-hybridized carbons (Fsp3) is 0. The van der Waals surface area contributed by atoms with Crippen molar-refractivity contribution in [3.05, 3.63) is 63.1 Å². The maximum absolute atomic E-state index is 12.7. The van der Waals surface area contributed by atoms with Crippen LogP contribution in [0, 0.1) is 0 Å². The second-order valence-corrected chi connectivity index (χ2v) is 6.47. The van der Waals surface area contributed by atoms with Gasteiger partial charge in [0.05, 0.1) is 10.7 Å². The number of imide groups is 2. The SMILES string of the molecule is O=C1NC(=O)N(c2cccc(Br)c2)C(=O)C1=Cc1ccc(O)c(Cl)c1. The molecule has 0 radical (unpaired) electrons. The Morgan fingerprint density at radius 1 is 1.12 bits per heavy atom. The lowest BCUT2D eigenvalue weighted by molar-refractivity contribution is -0.122. The van der Waals surface area contributed by atoms with E-state index in [1.807, 2.05) is 0 Å². The van der Waals surface area contributed by atoms with Crippen LogP contribution in [-0.4, -0.2) is 23.0 Å². The molecule has 0 atom stereocenters. The number of phenols is 1. The van der Waals surface area contributed by atoms with Gasteiger partial charge in [0.1, 0.15) is 11.3 Å². The average molecular weight is 422 g/mol. The first-order chi connectivity index (χ1) is 11.9. The van der Waals surface area contributed by atoms with Crippen molar-refractivity contribution >= 4 is 57.1 Å². The summed E-state index contributed by atoms with van der Waals surface area (Å²) in [6, 6.07) is 10.00. The summed E-state index contributed by atoms with van der Waals surface area (Å²) in [5.74, 6) is -1.67. The number of nitrogens with zero attached hydrogens (tertiary/aromatic N) is 1. The van der Waals surface area contributed by atoms with Gasteiger partial charge in [0.15, 0.2) is 0 Å². The van der Waals surface area contributed by atoms with Gasteiger partial charge >= 0.3 is 6.03 Å². The normalized spacial score (nSPS) is 16.3. The number of carbonyl (C=O) groups excluding carboxylic acids is 3. The van der Waals surface area contributed by atoms with E-state index in [2.05, 4.69) is 21.2 Å². The number of phenolic OH excluding ortho intramolecular Hbond substituents is 1. The van der Waals surface area contributed by atoms with Crippen molar-refractivity contribution in [3.8, 4) is 5.75 Å². The number of carbonyl (C=O) groups is 3. The first-order valence-corrected chi connectivity index (χ1v) is 8.19. The van der Waals surface area contributed by atoms with Crippen LogP contribution in [-0.2, 0) is 9.59 Å². The van der Waals surface area contributed by atoms with E-state index in [1.54, 1.807) is 24.3 Å². The Labute approximate surface area is 155 Å². The van der Waals surface area contributed by atoms with Crippen LogP contribution in [0.15, 0.2) is 52.5 Å². The molecule has 2 aromatic carbocycles. The molecule has 0 aromatic heterocycles.